The van der Waals surface area contributed by atoms with Crippen molar-refractivity contribution in [3.8, 4) is 17.2 Å². The summed E-state index contributed by atoms with van der Waals surface area (Å²) in [4.78, 5) is 33.9. The van der Waals surface area contributed by atoms with Crippen LogP contribution in [0.4, 0.5) is 17.6 Å². The summed E-state index contributed by atoms with van der Waals surface area (Å²) in [5.74, 6) is -4.45. The van der Waals surface area contributed by atoms with E-state index in [2.05, 4.69) is 5.32 Å². The molecule has 208 valence electrons. The van der Waals surface area contributed by atoms with Crippen LogP contribution in [0.1, 0.15) is 27.0 Å². The zero-order valence-corrected chi connectivity index (χ0v) is 20.8. The number of aliphatic carboxylic acids is 1. The van der Waals surface area contributed by atoms with Gasteiger partial charge in [0.25, 0.3) is 5.91 Å². The molecule has 3 rings (SSSR count). The van der Waals surface area contributed by atoms with E-state index in [1.54, 1.807) is 36.4 Å². The van der Waals surface area contributed by atoms with E-state index >= 15 is 0 Å². The minimum Gasteiger partial charge on any atom is -0.475 e. The number of carboxylic acid groups (broad SMARTS) is 1. The van der Waals surface area contributed by atoms with Crippen molar-refractivity contribution in [3.05, 3.63) is 94.8 Å². The lowest BCUT2D eigenvalue weighted by Gasteiger charge is -2.17. The van der Waals surface area contributed by atoms with Crippen molar-refractivity contribution in [2.24, 2.45) is 5.73 Å². The number of nitriles is 1. The average molecular weight is 558 g/mol. The molecule has 1 atom stereocenters. The number of esters is 1. The number of ether oxygens (including phenoxy) is 1. The van der Waals surface area contributed by atoms with Gasteiger partial charge in [0.2, 0.25) is 0 Å². The van der Waals surface area contributed by atoms with Crippen molar-refractivity contribution in [1.29, 1.82) is 10.7 Å². The molecular weight excluding hydrogens is 536 g/mol. The van der Waals surface area contributed by atoms with Crippen LogP contribution in [0, 0.1) is 22.6 Å². The molecule has 0 bridgehead atoms. The smallest absolute Gasteiger partial charge is 0.475 e. The van der Waals surface area contributed by atoms with Crippen molar-refractivity contribution in [2.45, 2.75) is 18.6 Å². The van der Waals surface area contributed by atoms with Crippen LogP contribution in [0.5, 0.6) is 0 Å². The Morgan fingerprint density at radius 1 is 1.07 bits per heavy atom. The molecule has 0 aromatic heterocycles. The fourth-order valence-corrected chi connectivity index (χ4v) is 3.33. The summed E-state index contributed by atoms with van der Waals surface area (Å²) < 4.78 is 50.2. The Morgan fingerprint density at radius 3 is 2.23 bits per heavy atom. The fourth-order valence-electron chi connectivity index (χ4n) is 3.33. The molecule has 0 fully saturated rings. The Kier molecular flexibility index (Phi) is 10.5. The number of rotatable bonds is 7. The Labute approximate surface area is 225 Å². The number of nitrogens with one attached hydrogen (secondary N) is 2. The van der Waals surface area contributed by atoms with Crippen LogP contribution in [0.3, 0.4) is 0 Å². The lowest BCUT2D eigenvalue weighted by atomic mass is 9.98. The molecular formula is C27H22F4N4O5. The number of amidine groups is 1. The van der Waals surface area contributed by atoms with Crippen LogP contribution < -0.4 is 11.1 Å². The molecule has 0 spiro atoms. The molecule has 0 aliphatic carbocycles. The van der Waals surface area contributed by atoms with Gasteiger partial charge >= 0.3 is 18.1 Å². The van der Waals surface area contributed by atoms with Crippen LogP contribution >= 0.6 is 0 Å². The Balaban J connectivity index is 0.000000708. The van der Waals surface area contributed by atoms with Gasteiger partial charge in [0.05, 0.1) is 18.7 Å². The topological polar surface area (TPSA) is 166 Å². The zero-order chi connectivity index (χ0) is 30.0. The van der Waals surface area contributed by atoms with Crippen molar-refractivity contribution >= 4 is 23.7 Å². The molecule has 0 aliphatic heterocycles. The summed E-state index contributed by atoms with van der Waals surface area (Å²) in [7, 11) is 1.23. The van der Waals surface area contributed by atoms with Gasteiger partial charge in [-0.3, -0.25) is 10.2 Å². The largest absolute Gasteiger partial charge is 0.490 e. The standard InChI is InChI=1S/C25H21FN4O3.C2HF3O2/c1-33-25(32)22(12-15-3-2-4-18(11-15)23(28)29)30-24(31)17-7-5-16(6-8-17)21-13-20(26)10-9-19(21)14-27;3-2(4,5)1(6)7/h2-11,13,22H,12H2,1H3,(H3,28,29)(H,30,31);(H,6,7)/t22-;/m0./s1. The second-order valence-electron chi connectivity index (χ2n) is 8.05. The summed E-state index contributed by atoms with van der Waals surface area (Å²) in [5, 5.41) is 26.6. The van der Waals surface area contributed by atoms with Crippen LogP contribution in [0.15, 0.2) is 66.7 Å². The maximum absolute atomic E-state index is 13.6. The summed E-state index contributed by atoms with van der Waals surface area (Å²) >= 11 is 0. The van der Waals surface area contributed by atoms with E-state index in [1.807, 2.05) is 6.07 Å². The van der Waals surface area contributed by atoms with Crippen LogP contribution in [0.2, 0.25) is 0 Å². The van der Waals surface area contributed by atoms with Crippen molar-refractivity contribution in [3.63, 3.8) is 0 Å². The van der Waals surface area contributed by atoms with Gasteiger partial charge in [0, 0.05) is 23.1 Å². The van der Waals surface area contributed by atoms with Crippen molar-refractivity contribution < 1.29 is 41.8 Å². The number of nitrogens with two attached hydrogens (primary N) is 1. The van der Waals surface area contributed by atoms with E-state index < -0.39 is 35.9 Å². The van der Waals surface area contributed by atoms with Crippen LogP contribution in [0.25, 0.3) is 11.1 Å². The second-order valence-corrected chi connectivity index (χ2v) is 8.05. The number of benzene rings is 3. The number of nitrogen functional groups attached to an aromatic ring is 1. The van der Waals surface area contributed by atoms with Gasteiger partial charge in [0.1, 0.15) is 17.7 Å². The summed E-state index contributed by atoms with van der Waals surface area (Å²) in [5.41, 5.74) is 8.31. The predicted molar refractivity (Wildman–Crippen MR) is 135 cm³/mol. The maximum Gasteiger partial charge on any atom is 0.490 e. The van der Waals surface area contributed by atoms with Gasteiger partial charge in [-0.15, -0.1) is 0 Å². The van der Waals surface area contributed by atoms with Gasteiger partial charge < -0.3 is 20.9 Å². The first-order chi connectivity index (χ1) is 18.8. The lowest BCUT2D eigenvalue weighted by molar-refractivity contribution is -0.192. The number of nitrogens with zero attached hydrogens (tertiary/aromatic N) is 1. The van der Waals surface area contributed by atoms with Gasteiger partial charge in [-0.2, -0.15) is 18.4 Å². The van der Waals surface area contributed by atoms with Crippen LogP contribution in [-0.2, 0) is 20.7 Å². The maximum atomic E-state index is 13.6. The molecule has 3 aromatic carbocycles. The van der Waals surface area contributed by atoms with E-state index in [0.29, 0.717) is 27.8 Å². The number of hydrogen-bond donors (Lipinski definition) is 4. The number of hydrogen-bond acceptors (Lipinski definition) is 6. The fraction of sp³-hybridized carbons (Fsp3) is 0.148. The van der Waals surface area contributed by atoms with E-state index in [1.165, 1.54) is 37.4 Å². The van der Waals surface area contributed by atoms with Gasteiger partial charge in [-0.1, -0.05) is 30.3 Å². The molecule has 9 nitrogen and oxygen atoms in total. The highest BCUT2D eigenvalue weighted by Crippen LogP contribution is 2.25. The van der Waals surface area contributed by atoms with Gasteiger partial charge in [-0.05, 0) is 47.5 Å². The van der Waals surface area contributed by atoms with E-state index in [4.69, 9.17) is 25.8 Å². The third-order valence-corrected chi connectivity index (χ3v) is 5.27. The second kappa shape index (κ2) is 13.5. The number of carboxylic acids is 1. The highest BCUT2D eigenvalue weighted by Gasteiger charge is 2.38. The van der Waals surface area contributed by atoms with E-state index in [9.17, 15) is 32.4 Å². The normalized spacial score (nSPS) is 11.2. The number of alkyl halides is 3. The van der Waals surface area contributed by atoms with E-state index in [0.717, 1.165) is 0 Å². The zero-order valence-electron chi connectivity index (χ0n) is 20.8. The average Bonchev–Trinajstić information content (AvgIpc) is 2.92. The number of halogens is 4. The molecule has 0 saturated heterocycles. The van der Waals surface area contributed by atoms with Crippen molar-refractivity contribution in [1.82, 2.24) is 5.32 Å². The molecule has 1 amide bonds. The van der Waals surface area contributed by atoms with Crippen molar-refractivity contribution in [2.75, 3.05) is 7.11 Å². The monoisotopic (exact) mass is 558 g/mol. The third-order valence-electron chi connectivity index (χ3n) is 5.27. The minimum atomic E-state index is -5.08. The first-order valence-corrected chi connectivity index (χ1v) is 11.2. The third kappa shape index (κ3) is 8.66. The Morgan fingerprint density at radius 2 is 1.70 bits per heavy atom. The molecule has 0 aliphatic rings. The molecule has 3 aromatic rings. The quantitative estimate of drug-likeness (QED) is 0.148. The summed E-state index contributed by atoms with van der Waals surface area (Å²) in [6.45, 7) is 0. The predicted octanol–water partition coefficient (Wildman–Crippen LogP) is 3.80. The molecule has 0 saturated carbocycles. The molecule has 0 unspecified atom stereocenters. The van der Waals surface area contributed by atoms with E-state index in [-0.39, 0.29) is 17.8 Å². The Hall–Kier alpha value is -5.25. The highest BCUT2D eigenvalue weighted by atomic mass is 19.4. The summed E-state index contributed by atoms with van der Waals surface area (Å²) in [6, 6.07) is 18.0. The minimum absolute atomic E-state index is 0.103. The SMILES string of the molecule is COC(=O)[C@H](Cc1cccc(C(=N)N)c1)NC(=O)c1ccc(-c2cc(F)ccc2C#N)cc1.O=C(O)C(F)(F)F. The molecule has 0 radical (unpaired) electrons. The molecule has 0 heterocycles. The number of amides is 1. The highest BCUT2D eigenvalue weighted by molar-refractivity contribution is 5.97. The summed E-state index contributed by atoms with van der Waals surface area (Å²) in [6.07, 6.45) is -4.94. The number of carbonyl (C=O) groups is 3. The lowest BCUT2D eigenvalue weighted by Crippen LogP contribution is -2.43. The van der Waals surface area contributed by atoms with Gasteiger partial charge in [-0.25, -0.2) is 14.0 Å². The van der Waals surface area contributed by atoms with Gasteiger partial charge in [0.15, 0.2) is 0 Å². The first-order valence-electron chi connectivity index (χ1n) is 11.2. The molecule has 5 N–H and O–H groups in total. The Bertz CT molecular complexity index is 1450. The molecule has 13 heteroatoms. The number of methoxy groups -OCH3 is 1. The molecule has 40 heavy (non-hydrogen) atoms. The first kappa shape index (κ1) is 31.0. The number of carbonyl (C=O) groups excluding carboxylic acids is 2. The van der Waals surface area contributed by atoms with Crippen LogP contribution in [-0.4, -0.2) is 48.1 Å².